The smallest absolute Gasteiger partial charge is 0.271 e. The summed E-state index contributed by atoms with van der Waals surface area (Å²) >= 11 is 3.28. The van der Waals surface area contributed by atoms with Crippen LogP contribution in [-0.4, -0.2) is 48.5 Å². The summed E-state index contributed by atoms with van der Waals surface area (Å²) in [6, 6.07) is 4.30. The number of hydrogen-bond donors (Lipinski definition) is 2. The van der Waals surface area contributed by atoms with Crippen molar-refractivity contribution in [2.75, 3.05) is 38.0 Å². The molecule has 1 aliphatic heterocycles. The van der Waals surface area contributed by atoms with E-state index in [9.17, 15) is 14.9 Å². The normalized spacial score (nSPS) is 16.2. The molecule has 0 atom stereocenters. The van der Waals surface area contributed by atoms with Crippen molar-refractivity contribution in [3.8, 4) is 0 Å². The highest BCUT2D eigenvalue weighted by Crippen LogP contribution is 2.27. The summed E-state index contributed by atoms with van der Waals surface area (Å²) in [4.78, 5) is 24.4. The molecule has 0 aliphatic carbocycles. The molecule has 0 saturated carbocycles. The number of nitrogens with zero attached hydrogens (tertiary/aromatic N) is 2. The van der Waals surface area contributed by atoms with Gasteiger partial charge in [-0.25, -0.2) is 0 Å². The van der Waals surface area contributed by atoms with Crippen molar-refractivity contribution in [2.24, 2.45) is 0 Å². The first-order valence-electron chi connectivity index (χ1n) is 6.73. The summed E-state index contributed by atoms with van der Waals surface area (Å²) in [6.45, 7) is 3.82. The third-order valence-electron chi connectivity index (χ3n) is 3.23. The predicted octanol–water partition coefficient (Wildman–Crippen LogP) is 1.59. The fraction of sp³-hybridized carbons (Fsp3) is 0.462. The number of nitro groups is 1. The first kappa shape index (κ1) is 15.9. The van der Waals surface area contributed by atoms with Gasteiger partial charge in [-0.15, -0.1) is 0 Å². The van der Waals surface area contributed by atoms with Gasteiger partial charge in [0.2, 0.25) is 5.91 Å². The van der Waals surface area contributed by atoms with E-state index in [2.05, 4.69) is 31.5 Å². The molecule has 1 saturated heterocycles. The van der Waals surface area contributed by atoms with E-state index < -0.39 is 4.92 Å². The van der Waals surface area contributed by atoms with Crippen molar-refractivity contribution < 1.29 is 9.72 Å². The van der Waals surface area contributed by atoms with Crippen LogP contribution in [0.1, 0.15) is 6.42 Å². The number of amides is 1. The number of non-ortho nitro benzene ring substituents is 1. The molecule has 1 heterocycles. The Balaban J connectivity index is 1.98. The Kier molecular flexibility index (Phi) is 5.66. The molecule has 1 aliphatic rings. The van der Waals surface area contributed by atoms with Gasteiger partial charge in [-0.05, 0) is 41.5 Å². The monoisotopic (exact) mass is 356 g/mol. The third-order valence-corrected chi connectivity index (χ3v) is 3.93. The van der Waals surface area contributed by atoms with Gasteiger partial charge in [0.15, 0.2) is 0 Å². The van der Waals surface area contributed by atoms with Gasteiger partial charge in [-0.3, -0.25) is 19.8 Å². The first-order chi connectivity index (χ1) is 10.1. The molecule has 114 valence electrons. The number of nitrogens with one attached hydrogen (secondary N) is 2. The van der Waals surface area contributed by atoms with Crippen LogP contribution in [0.5, 0.6) is 0 Å². The SMILES string of the molecule is O=C(CN1CCCNCC1)Nc1cc([N+](=O)[O-])ccc1Br. The van der Waals surface area contributed by atoms with Crippen LogP contribution >= 0.6 is 15.9 Å². The van der Waals surface area contributed by atoms with Crippen LogP contribution in [0, 0.1) is 10.1 Å². The second kappa shape index (κ2) is 7.48. The number of carbonyl (C=O) groups excluding carboxylic acids is 1. The lowest BCUT2D eigenvalue weighted by molar-refractivity contribution is -0.384. The molecule has 0 unspecified atom stereocenters. The average molecular weight is 357 g/mol. The lowest BCUT2D eigenvalue weighted by Crippen LogP contribution is -2.35. The highest BCUT2D eigenvalue weighted by atomic mass is 79.9. The van der Waals surface area contributed by atoms with Crippen LogP contribution in [0.3, 0.4) is 0 Å². The molecule has 0 bridgehead atoms. The largest absolute Gasteiger partial charge is 0.324 e. The average Bonchev–Trinajstić information content (AvgIpc) is 2.69. The van der Waals surface area contributed by atoms with Gasteiger partial charge >= 0.3 is 0 Å². The minimum atomic E-state index is -0.484. The molecule has 1 aromatic rings. The number of halogens is 1. The molecule has 7 nitrogen and oxygen atoms in total. The number of hydrogen-bond acceptors (Lipinski definition) is 5. The highest BCUT2D eigenvalue weighted by molar-refractivity contribution is 9.10. The number of carbonyl (C=O) groups is 1. The van der Waals surface area contributed by atoms with Gasteiger partial charge < -0.3 is 10.6 Å². The van der Waals surface area contributed by atoms with Gasteiger partial charge in [0.25, 0.3) is 5.69 Å². The Hall–Kier alpha value is -1.51. The summed E-state index contributed by atoms with van der Waals surface area (Å²) in [7, 11) is 0. The van der Waals surface area contributed by atoms with Crippen molar-refractivity contribution in [1.29, 1.82) is 0 Å². The molecule has 0 spiro atoms. The lowest BCUT2D eigenvalue weighted by atomic mass is 10.2. The maximum atomic E-state index is 12.1. The molecular weight excluding hydrogens is 340 g/mol. The summed E-state index contributed by atoms with van der Waals surface area (Å²) < 4.78 is 0.624. The molecule has 1 amide bonds. The summed E-state index contributed by atoms with van der Waals surface area (Å²) in [6.07, 6.45) is 1.01. The molecule has 2 N–H and O–H groups in total. The number of anilines is 1. The van der Waals surface area contributed by atoms with E-state index >= 15 is 0 Å². The van der Waals surface area contributed by atoms with Crippen LogP contribution in [0.2, 0.25) is 0 Å². The van der Waals surface area contributed by atoms with Crippen molar-refractivity contribution in [3.05, 3.63) is 32.8 Å². The molecule has 1 aromatic carbocycles. The van der Waals surface area contributed by atoms with Crippen LogP contribution in [0.15, 0.2) is 22.7 Å². The molecule has 1 fully saturated rings. The quantitative estimate of drug-likeness (QED) is 0.631. The maximum Gasteiger partial charge on any atom is 0.271 e. The van der Waals surface area contributed by atoms with Crippen LogP contribution < -0.4 is 10.6 Å². The number of rotatable bonds is 4. The molecule has 0 radical (unpaired) electrons. The van der Waals surface area contributed by atoms with Crippen LogP contribution in [0.25, 0.3) is 0 Å². The number of nitro benzene ring substituents is 1. The molecule has 0 aromatic heterocycles. The molecule has 2 rings (SSSR count). The Morgan fingerprint density at radius 2 is 2.24 bits per heavy atom. The fourth-order valence-electron chi connectivity index (χ4n) is 2.18. The fourth-order valence-corrected chi connectivity index (χ4v) is 2.52. The van der Waals surface area contributed by atoms with Gasteiger partial charge in [0.05, 0.1) is 17.2 Å². The van der Waals surface area contributed by atoms with Crippen LogP contribution in [0.4, 0.5) is 11.4 Å². The van der Waals surface area contributed by atoms with Crippen molar-refractivity contribution in [3.63, 3.8) is 0 Å². The Bertz CT molecular complexity index is 530. The van der Waals surface area contributed by atoms with E-state index in [-0.39, 0.29) is 18.1 Å². The van der Waals surface area contributed by atoms with Gasteiger partial charge in [0.1, 0.15) is 0 Å². The minimum absolute atomic E-state index is 0.0486. The molecular formula is C13H17BrN4O3. The van der Waals surface area contributed by atoms with E-state index in [1.807, 2.05) is 0 Å². The van der Waals surface area contributed by atoms with E-state index in [1.54, 1.807) is 6.07 Å². The zero-order chi connectivity index (χ0) is 15.2. The van der Waals surface area contributed by atoms with E-state index in [4.69, 9.17) is 0 Å². The summed E-state index contributed by atoms with van der Waals surface area (Å²) in [5.41, 5.74) is 0.370. The Labute approximate surface area is 131 Å². The van der Waals surface area contributed by atoms with Crippen molar-refractivity contribution in [1.82, 2.24) is 10.2 Å². The van der Waals surface area contributed by atoms with Crippen molar-refractivity contribution >= 4 is 33.2 Å². The summed E-state index contributed by atoms with van der Waals surface area (Å²) in [5, 5.41) is 16.8. The zero-order valence-electron chi connectivity index (χ0n) is 11.5. The van der Waals surface area contributed by atoms with Crippen molar-refractivity contribution in [2.45, 2.75) is 6.42 Å². The van der Waals surface area contributed by atoms with E-state index in [0.717, 1.165) is 32.6 Å². The predicted molar refractivity (Wildman–Crippen MR) is 83.4 cm³/mol. The first-order valence-corrected chi connectivity index (χ1v) is 7.52. The Morgan fingerprint density at radius 3 is 3.00 bits per heavy atom. The zero-order valence-corrected chi connectivity index (χ0v) is 13.1. The Morgan fingerprint density at radius 1 is 1.43 bits per heavy atom. The van der Waals surface area contributed by atoms with Gasteiger partial charge in [-0.1, -0.05) is 0 Å². The lowest BCUT2D eigenvalue weighted by Gasteiger charge is -2.18. The minimum Gasteiger partial charge on any atom is -0.324 e. The van der Waals surface area contributed by atoms with Crippen LogP contribution in [-0.2, 0) is 4.79 Å². The second-order valence-electron chi connectivity index (χ2n) is 4.85. The summed E-state index contributed by atoms with van der Waals surface area (Å²) in [5.74, 6) is -0.168. The van der Waals surface area contributed by atoms with E-state index in [1.165, 1.54) is 12.1 Å². The maximum absolute atomic E-state index is 12.1. The van der Waals surface area contributed by atoms with Gasteiger partial charge in [0, 0.05) is 29.7 Å². The third kappa shape index (κ3) is 4.76. The van der Waals surface area contributed by atoms with E-state index in [0.29, 0.717) is 10.2 Å². The number of benzene rings is 1. The standard InChI is InChI=1S/C13H17BrN4O3/c14-11-3-2-10(18(20)21)8-12(11)16-13(19)9-17-6-1-4-15-5-7-17/h2-3,8,15H,1,4-7,9H2,(H,16,19). The second-order valence-corrected chi connectivity index (χ2v) is 5.70. The highest BCUT2D eigenvalue weighted by Gasteiger charge is 2.15. The molecule has 21 heavy (non-hydrogen) atoms. The van der Waals surface area contributed by atoms with Gasteiger partial charge in [-0.2, -0.15) is 0 Å². The topological polar surface area (TPSA) is 87.5 Å². The molecule has 8 heteroatoms.